The molecule has 6 nitrogen and oxygen atoms in total. The molecule has 144 valence electrons. The normalized spacial score (nSPS) is 18.7. The molecule has 0 aliphatic carbocycles. The molecular weight excluding hydrogens is 354 g/mol. The number of nitrogens with zero attached hydrogens (tertiary/aromatic N) is 1. The molecule has 26 heavy (non-hydrogen) atoms. The van der Waals surface area contributed by atoms with E-state index in [2.05, 4.69) is 0 Å². The van der Waals surface area contributed by atoms with E-state index in [9.17, 15) is 18.0 Å². The highest BCUT2D eigenvalue weighted by Gasteiger charge is 2.35. The fraction of sp³-hybridized carbons (Fsp3) is 0.579. The number of amides is 1. The Bertz CT molecular complexity index is 785. The van der Waals surface area contributed by atoms with Crippen LogP contribution < -0.4 is 0 Å². The molecule has 0 radical (unpaired) electrons. The number of aryl methyl sites for hydroxylation is 2. The Morgan fingerprint density at radius 1 is 1.27 bits per heavy atom. The second kappa shape index (κ2) is 8.20. The number of rotatable bonds is 6. The Balaban J connectivity index is 2.03. The maximum atomic E-state index is 12.6. The van der Waals surface area contributed by atoms with Crippen molar-refractivity contribution in [1.29, 1.82) is 0 Å². The van der Waals surface area contributed by atoms with E-state index < -0.39 is 15.8 Å². The van der Waals surface area contributed by atoms with E-state index >= 15 is 0 Å². The van der Waals surface area contributed by atoms with E-state index in [4.69, 9.17) is 4.74 Å². The molecule has 1 aromatic carbocycles. The van der Waals surface area contributed by atoms with Gasteiger partial charge in [0.2, 0.25) is 0 Å². The van der Waals surface area contributed by atoms with Crippen LogP contribution in [0.1, 0.15) is 41.8 Å². The number of ether oxygens (including phenoxy) is 1. The van der Waals surface area contributed by atoms with Gasteiger partial charge in [-0.25, -0.2) is 13.2 Å². The van der Waals surface area contributed by atoms with Gasteiger partial charge in [0.05, 0.1) is 17.1 Å². The quantitative estimate of drug-likeness (QED) is 0.705. The second-order valence-corrected chi connectivity index (χ2v) is 9.62. The molecule has 0 aromatic heterocycles. The molecule has 0 unspecified atom stereocenters. The first-order valence-corrected chi connectivity index (χ1v) is 10.7. The Morgan fingerprint density at radius 2 is 1.96 bits per heavy atom. The molecule has 1 aliphatic heterocycles. The number of sulfone groups is 1. The molecule has 7 heteroatoms. The SMILES string of the molecule is Cc1ccc(C(=O)OCC(=O)N(CC(C)C)[C@@H]2CCS(=O)(=O)C2)c(C)c1. The molecule has 1 aliphatic rings. The number of hydrogen-bond donors (Lipinski definition) is 0. The third kappa shape index (κ3) is 5.30. The standard InChI is InChI=1S/C19H27NO5S/c1-13(2)10-20(16-7-8-26(23,24)12-16)18(21)11-25-19(22)17-6-5-14(3)9-15(17)4/h5-6,9,13,16H,7-8,10-12H2,1-4H3/t16-/m1/s1. The topological polar surface area (TPSA) is 80.8 Å². The molecule has 1 aromatic rings. The fourth-order valence-electron chi connectivity index (χ4n) is 3.20. The molecule has 1 heterocycles. The maximum Gasteiger partial charge on any atom is 0.338 e. The Hall–Kier alpha value is -1.89. The van der Waals surface area contributed by atoms with Crippen LogP contribution in [0, 0.1) is 19.8 Å². The fourth-order valence-corrected chi connectivity index (χ4v) is 4.93. The molecule has 1 atom stereocenters. The van der Waals surface area contributed by atoms with E-state index in [1.807, 2.05) is 39.8 Å². The van der Waals surface area contributed by atoms with E-state index in [1.165, 1.54) is 0 Å². The third-order valence-corrected chi connectivity index (χ3v) is 6.21. The number of hydrogen-bond acceptors (Lipinski definition) is 5. The predicted molar refractivity (Wildman–Crippen MR) is 99.8 cm³/mol. The Morgan fingerprint density at radius 3 is 2.50 bits per heavy atom. The van der Waals surface area contributed by atoms with Crippen molar-refractivity contribution >= 4 is 21.7 Å². The molecule has 0 spiro atoms. The van der Waals surface area contributed by atoms with Gasteiger partial charge < -0.3 is 9.64 Å². The van der Waals surface area contributed by atoms with Gasteiger partial charge in [0.15, 0.2) is 16.4 Å². The molecule has 1 saturated heterocycles. The first-order chi connectivity index (χ1) is 12.1. The van der Waals surface area contributed by atoms with Crippen molar-refractivity contribution in [2.45, 2.75) is 40.2 Å². The van der Waals surface area contributed by atoms with Crippen molar-refractivity contribution in [3.05, 3.63) is 34.9 Å². The zero-order valence-corrected chi connectivity index (χ0v) is 16.6. The number of carbonyl (C=O) groups is 2. The first-order valence-electron chi connectivity index (χ1n) is 8.83. The van der Waals surface area contributed by atoms with E-state index in [-0.39, 0.29) is 36.0 Å². The van der Waals surface area contributed by atoms with Crippen LogP contribution >= 0.6 is 0 Å². The Kier molecular flexibility index (Phi) is 6.44. The van der Waals surface area contributed by atoms with Gasteiger partial charge in [0.1, 0.15) is 0 Å². The molecular formula is C19H27NO5S. The van der Waals surface area contributed by atoms with Gasteiger partial charge in [0.25, 0.3) is 5.91 Å². The number of carbonyl (C=O) groups excluding carboxylic acids is 2. The van der Waals surface area contributed by atoms with Crippen molar-refractivity contribution in [3.63, 3.8) is 0 Å². The van der Waals surface area contributed by atoms with Crippen LogP contribution in [0.2, 0.25) is 0 Å². The van der Waals surface area contributed by atoms with E-state index in [0.29, 0.717) is 18.5 Å². The summed E-state index contributed by atoms with van der Waals surface area (Å²) in [7, 11) is -3.10. The van der Waals surface area contributed by atoms with Gasteiger partial charge in [-0.2, -0.15) is 0 Å². The van der Waals surface area contributed by atoms with Crippen LogP contribution in [0.4, 0.5) is 0 Å². The van der Waals surface area contributed by atoms with Crippen molar-refractivity contribution in [3.8, 4) is 0 Å². The maximum absolute atomic E-state index is 12.6. The largest absolute Gasteiger partial charge is 0.452 e. The smallest absolute Gasteiger partial charge is 0.338 e. The summed E-state index contributed by atoms with van der Waals surface area (Å²) in [6, 6.07) is 5.05. The van der Waals surface area contributed by atoms with Gasteiger partial charge >= 0.3 is 5.97 Å². The lowest BCUT2D eigenvalue weighted by atomic mass is 10.1. The van der Waals surface area contributed by atoms with Crippen LogP contribution in [0.3, 0.4) is 0 Å². The summed E-state index contributed by atoms with van der Waals surface area (Å²) >= 11 is 0. The predicted octanol–water partition coefficient (Wildman–Crippen LogP) is 2.13. The summed E-state index contributed by atoms with van der Waals surface area (Å²) in [4.78, 5) is 26.4. The third-order valence-electron chi connectivity index (χ3n) is 4.46. The molecule has 1 fully saturated rings. The summed E-state index contributed by atoms with van der Waals surface area (Å²) in [5.74, 6) is -0.617. The zero-order chi connectivity index (χ0) is 19.5. The van der Waals surface area contributed by atoms with Crippen molar-refractivity contribution in [2.75, 3.05) is 24.7 Å². The second-order valence-electron chi connectivity index (χ2n) is 7.39. The minimum atomic E-state index is -3.10. The lowest BCUT2D eigenvalue weighted by Crippen LogP contribution is -2.45. The van der Waals surface area contributed by atoms with Crippen LogP contribution in [0.25, 0.3) is 0 Å². The van der Waals surface area contributed by atoms with Gasteiger partial charge in [-0.1, -0.05) is 31.5 Å². The van der Waals surface area contributed by atoms with Gasteiger partial charge in [-0.15, -0.1) is 0 Å². The highest BCUT2D eigenvalue weighted by Crippen LogP contribution is 2.20. The van der Waals surface area contributed by atoms with Gasteiger partial charge in [-0.3, -0.25) is 4.79 Å². The molecule has 0 N–H and O–H groups in total. The van der Waals surface area contributed by atoms with E-state index in [0.717, 1.165) is 11.1 Å². The molecule has 2 rings (SSSR count). The van der Waals surface area contributed by atoms with Gasteiger partial charge in [0, 0.05) is 12.6 Å². The minimum Gasteiger partial charge on any atom is -0.452 e. The lowest BCUT2D eigenvalue weighted by molar-refractivity contribution is -0.137. The monoisotopic (exact) mass is 381 g/mol. The summed E-state index contributed by atoms with van der Waals surface area (Å²) in [6.45, 7) is 7.75. The lowest BCUT2D eigenvalue weighted by Gasteiger charge is -2.29. The summed E-state index contributed by atoms with van der Waals surface area (Å²) in [6.07, 6.45) is 0.436. The van der Waals surface area contributed by atoms with Crippen LogP contribution in [0.5, 0.6) is 0 Å². The Labute approximate surface area is 155 Å². The highest BCUT2D eigenvalue weighted by atomic mass is 32.2. The summed E-state index contributed by atoms with van der Waals surface area (Å²) < 4.78 is 28.7. The molecule has 0 bridgehead atoms. The van der Waals surface area contributed by atoms with E-state index in [1.54, 1.807) is 11.0 Å². The van der Waals surface area contributed by atoms with Gasteiger partial charge in [-0.05, 0) is 37.8 Å². The molecule has 0 saturated carbocycles. The van der Waals surface area contributed by atoms with Crippen LogP contribution in [-0.4, -0.2) is 55.9 Å². The zero-order valence-electron chi connectivity index (χ0n) is 15.8. The first kappa shape index (κ1) is 20.4. The van der Waals surface area contributed by atoms with Crippen LogP contribution in [-0.2, 0) is 19.4 Å². The number of esters is 1. The average Bonchev–Trinajstić information content (AvgIpc) is 2.89. The number of benzene rings is 1. The average molecular weight is 381 g/mol. The highest BCUT2D eigenvalue weighted by molar-refractivity contribution is 7.91. The van der Waals surface area contributed by atoms with Crippen molar-refractivity contribution < 1.29 is 22.7 Å². The molecule has 1 amide bonds. The van der Waals surface area contributed by atoms with Crippen LogP contribution in [0.15, 0.2) is 18.2 Å². The van der Waals surface area contributed by atoms with Crippen molar-refractivity contribution in [2.24, 2.45) is 5.92 Å². The summed E-state index contributed by atoms with van der Waals surface area (Å²) in [5.41, 5.74) is 2.27. The summed E-state index contributed by atoms with van der Waals surface area (Å²) in [5, 5.41) is 0. The minimum absolute atomic E-state index is 0.0174. The van der Waals surface area contributed by atoms with Crippen molar-refractivity contribution in [1.82, 2.24) is 4.90 Å².